The van der Waals surface area contributed by atoms with Gasteiger partial charge in [-0.2, -0.15) is 5.10 Å². The number of aromatic nitrogens is 4. The van der Waals surface area contributed by atoms with Crippen LogP contribution < -0.4 is 4.90 Å². The standard InChI is InChI=1S/C24H25N5O3S/c1-15-13-25-23(20-7-8-26-28-20)24-22(15)19(17-5-4-6-18(11-17)33(3,30)31)12-21(27-24)29-9-10-32-14-16(29)2/h4-8,11-13,16H,9-10,14H2,1-3H3,(H,26,28)/t16-/m1/s1. The molecule has 0 amide bonds. The smallest absolute Gasteiger partial charge is 0.175 e. The van der Waals surface area contributed by atoms with Crippen molar-refractivity contribution in [3.63, 3.8) is 0 Å². The molecule has 1 aromatic carbocycles. The maximum absolute atomic E-state index is 12.3. The summed E-state index contributed by atoms with van der Waals surface area (Å²) in [5, 5.41) is 8.02. The van der Waals surface area contributed by atoms with E-state index in [1.807, 2.05) is 25.3 Å². The van der Waals surface area contributed by atoms with Gasteiger partial charge in [0, 0.05) is 30.6 Å². The number of nitrogens with one attached hydrogen (secondary N) is 1. The van der Waals surface area contributed by atoms with Crippen molar-refractivity contribution < 1.29 is 13.2 Å². The van der Waals surface area contributed by atoms with Gasteiger partial charge in [0.25, 0.3) is 0 Å². The molecular formula is C24H25N5O3S. The second kappa shape index (κ2) is 8.24. The Kier molecular flexibility index (Phi) is 5.38. The van der Waals surface area contributed by atoms with Crippen molar-refractivity contribution in [2.45, 2.75) is 24.8 Å². The van der Waals surface area contributed by atoms with Crippen LogP contribution in [0.15, 0.2) is 53.7 Å². The summed E-state index contributed by atoms with van der Waals surface area (Å²) in [6, 6.07) is 11.1. The summed E-state index contributed by atoms with van der Waals surface area (Å²) in [4.78, 5) is 12.3. The van der Waals surface area contributed by atoms with Gasteiger partial charge in [0.05, 0.1) is 29.8 Å². The number of rotatable bonds is 4. The van der Waals surface area contributed by atoms with Crippen molar-refractivity contribution in [1.29, 1.82) is 0 Å². The van der Waals surface area contributed by atoms with Crippen LogP contribution in [-0.2, 0) is 14.6 Å². The number of pyridine rings is 2. The number of anilines is 1. The Hall–Kier alpha value is -3.30. The van der Waals surface area contributed by atoms with Crippen LogP contribution in [0.2, 0.25) is 0 Å². The molecule has 0 aliphatic carbocycles. The number of ether oxygens (including phenoxy) is 1. The van der Waals surface area contributed by atoms with Gasteiger partial charge in [-0.15, -0.1) is 0 Å². The molecule has 1 atom stereocenters. The van der Waals surface area contributed by atoms with Crippen LogP contribution >= 0.6 is 0 Å². The van der Waals surface area contributed by atoms with E-state index < -0.39 is 9.84 Å². The first-order valence-corrected chi connectivity index (χ1v) is 12.7. The van der Waals surface area contributed by atoms with Crippen molar-refractivity contribution in [2.75, 3.05) is 30.9 Å². The van der Waals surface area contributed by atoms with Crippen molar-refractivity contribution in [1.82, 2.24) is 20.2 Å². The molecule has 1 saturated heterocycles. The average molecular weight is 464 g/mol. The van der Waals surface area contributed by atoms with E-state index in [9.17, 15) is 8.42 Å². The minimum atomic E-state index is -3.35. The lowest BCUT2D eigenvalue weighted by molar-refractivity contribution is 0.0986. The van der Waals surface area contributed by atoms with Gasteiger partial charge >= 0.3 is 0 Å². The third-order valence-corrected chi connectivity index (χ3v) is 7.11. The van der Waals surface area contributed by atoms with E-state index >= 15 is 0 Å². The number of benzene rings is 1. The number of hydrogen-bond donors (Lipinski definition) is 1. The van der Waals surface area contributed by atoms with Gasteiger partial charge in [-0.1, -0.05) is 12.1 Å². The van der Waals surface area contributed by atoms with Gasteiger partial charge in [-0.05, 0) is 54.8 Å². The Morgan fingerprint density at radius 1 is 1.21 bits per heavy atom. The minimum absolute atomic E-state index is 0.160. The fourth-order valence-corrected chi connectivity index (χ4v) is 4.98. The summed E-state index contributed by atoms with van der Waals surface area (Å²) < 4.78 is 30.1. The summed E-state index contributed by atoms with van der Waals surface area (Å²) in [7, 11) is -3.35. The summed E-state index contributed by atoms with van der Waals surface area (Å²) >= 11 is 0. The quantitative estimate of drug-likeness (QED) is 0.493. The highest BCUT2D eigenvalue weighted by Crippen LogP contribution is 2.37. The molecular weight excluding hydrogens is 438 g/mol. The minimum Gasteiger partial charge on any atom is -0.377 e. The van der Waals surface area contributed by atoms with Gasteiger partial charge in [0.1, 0.15) is 17.0 Å². The summed E-state index contributed by atoms with van der Waals surface area (Å²) in [6.45, 7) is 6.08. The Morgan fingerprint density at radius 2 is 2.06 bits per heavy atom. The molecule has 0 spiro atoms. The van der Waals surface area contributed by atoms with Crippen LogP contribution in [0.4, 0.5) is 5.82 Å². The van der Waals surface area contributed by atoms with Crippen LogP contribution in [0, 0.1) is 6.92 Å². The van der Waals surface area contributed by atoms with Crippen LogP contribution in [0.3, 0.4) is 0 Å². The SMILES string of the molecule is Cc1cnc(-c2ccn[nH]2)c2nc(N3CCOC[C@H]3C)cc(-c3cccc(S(C)(=O)=O)c3)c12. The fraction of sp³-hybridized carbons (Fsp3) is 0.292. The molecule has 1 aliphatic heterocycles. The molecule has 0 saturated carbocycles. The predicted molar refractivity (Wildman–Crippen MR) is 128 cm³/mol. The van der Waals surface area contributed by atoms with Gasteiger partial charge in [0.15, 0.2) is 9.84 Å². The largest absolute Gasteiger partial charge is 0.377 e. The van der Waals surface area contributed by atoms with E-state index in [2.05, 4.69) is 33.1 Å². The first kappa shape index (κ1) is 21.5. The fourth-order valence-electron chi connectivity index (χ4n) is 4.31. The van der Waals surface area contributed by atoms with Crippen molar-refractivity contribution >= 4 is 26.6 Å². The zero-order valence-electron chi connectivity index (χ0n) is 18.7. The monoisotopic (exact) mass is 463 g/mol. The second-order valence-corrected chi connectivity index (χ2v) is 10.4. The highest BCUT2D eigenvalue weighted by molar-refractivity contribution is 7.90. The molecule has 4 heterocycles. The zero-order valence-corrected chi connectivity index (χ0v) is 19.6. The van der Waals surface area contributed by atoms with E-state index in [0.717, 1.165) is 45.6 Å². The Balaban J connectivity index is 1.83. The molecule has 3 aromatic heterocycles. The highest BCUT2D eigenvalue weighted by Gasteiger charge is 2.24. The van der Waals surface area contributed by atoms with Gasteiger partial charge in [0.2, 0.25) is 0 Å². The van der Waals surface area contributed by atoms with E-state index in [4.69, 9.17) is 9.72 Å². The normalized spacial score (nSPS) is 16.9. The van der Waals surface area contributed by atoms with Gasteiger partial charge in [-0.3, -0.25) is 10.1 Å². The van der Waals surface area contributed by atoms with Crippen LogP contribution in [0.1, 0.15) is 12.5 Å². The van der Waals surface area contributed by atoms with Crippen LogP contribution in [0.5, 0.6) is 0 Å². The molecule has 33 heavy (non-hydrogen) atoms. The Bertz CT molecular complexity index is 1430. The molecule has 0 bridgehead atoms. The van der Waals surface area contributed by atoms with E-state index in [0.29, 0.717) is 18.9 Å². The maximum Gasteiger partial charge on any atom is 0.175 e. The average Bonchev–Trinajstić information content (AvgIpc) is 3.33. The van der Waals surface area contributed by atoms with E-state index in [1.165, 1.54) is 6.26 Å². The Labute approximate surface area is 192 Å². The molecule has 8 nitrogen and oxygen atoms in total. The number of aryl methyl sites for hydroxylation is 1. The molecule has 170 valence electrons. The highest BCUT2D eigenvalue weighted by atomic mass is 32.2. The first-order valence-electron chi connectivity index (χ1n) is 10.8. The molecule has 9 heteroatoms. The maximum atomic E-state index is 12.3. The summed E-state index contributed by atoms with van der Waals surface area (Å²) in [5.74, 6) is 0.811. The van der Waals surface area contributed by atoms with Crippen molar-refractivity contribution in [3.05, 3.63) is 54.4 Å². The number of aromatic amines is 1. The molecule has 5 rings (SSSR count). The summed E-state index contributed by atoms with van der Waals surface area (Å²) in [6.07, 6.45) is 4.73. The molecule has 1 fully saturated rings. The van der Waals surface area contributed by atoms with Crippen LogP contribution in [0.25, 0.3) is 33.4 Å². The van der Waals surface area contributed by atoms with Gasteiger partial charge < -0.3 is 9.64 Å². The second-order valence-electron chi connectivity index (χ2n) is 8.43. The van der Waals surface area contributed by atoms with Crippen LogP contribution in [-0.4, -0.2) is 60.6 Å². The van der Waals surface area contributed by atoms with Crippen molar-refractivity contribution in [3.8, 4) is 22.5 Å². The zero-order chi connectivity index (χ0) is 23.2. The molecule has 1 N–H and O–H groups in total. The van der Waals surface area contributed by atoms with E-state index in [1.54, 1.807) is 24.4 Å². The molecule has 1 aliphatic rings. The van der Waals surface area contributed by atoms with Gasteiger partial charge in [-0.25, -0.2) is 13.4 Å². The predicted octanol–water partition coefficient (Wildman–Crippen LogP) is 3.62. The number of morpholine rings is 1. The topological polar surface area (TPSA) is 101 Å². The Morgan fingerprint density at radius 3 is 2.79 bits per heavy atom. The lowest BCUT2D eigenvalue weighted by Crippen LogP contribution is -2.44. The molecule has 4 aromatic rings. The lowest BCUT2D eigenvalue weighted by atomic mass is 9.97. The molecule has 0 radical (unpaired) electrons. The third-order valence-electron chi connectivity index (χ3n) is 6.00. The molecule has 0 unspecified atom stereocenters. The number of sulfone groups is 1. The number of hydrogen-bond acceptors (Lipinski definition) is 7. The summed E-state index contributed by atoms with van der Waals surface area (Å²) in [5.41, 5.74) is 4.92. The van der Waals surface area contributed by atoms with Crippen molar-refractivity contribution in [2.24, 2.45) is 0 Å². The third kappa shape index (κ3) is 3.98. The number of nitrogens with zero attached hydrogens (tertiary/aromatic N) is 4. The first-order chi connectivity index (χ1) is 15.8. The number of fused-ring (bicyclic) bond motifs is 1. The lowest BCUT2D eigenvalue weighted by Gasteiger charge is -2.34. The number of H-pyrrole nitrogens is 1. The van der Waals surface area contributed by atoms with E-state index in [-0.39, 0.29) is 10.9 Å².